The van der Waals surface area contributed by atoms with Gasteiger partial charge in [-0.3, -0.25) is 4.79 Å². The molecule has 1 aliphatic heterocycles. The SMILES string of the molecule is CC(C)CCN1CCCNC(C)(C)C1=O. The molecule has 1 rings (SSSR count). The van der Waals surface area contributed by atoms with Crippen LogP contribution < -0.4 is 5.32 Å². The topological polar surface area (TPSA) is 32.3 Å². The molecule has 0 aliphatic carbocycles. The zero-order valence-corrected chi connectivity index (χ0v) is 10.5. The summed E-state index contributed by atoms with van der Waals surface area (Å²) in [5.41, 5.74) is -0.381. The van der Waals surface area contributed by atoms with E-state index in [1.807, 2.05) is 18.7 Å². The van der Waals surface area contributed by atoms with Gasteiger partial charge in [-0.2, -0.15) is 0 Å². The van der Waals surface area contributed by atoms with E-state index in [0.29, 0.717) is 5.92 Å². The van der Waals surface area contributed by atoms with Crippen molar-refractivity contribution in [3.8, 4) is 0 Å². The van der Waals surface area contributed by atoms with E-state index in [-0.39, 0.29) is 11.4 Å². The highest BCUT2D eigenvalue weighted by molar-refractivity contribution is 5.85. The van der Waals surface area contributed by atoms with Crippen molar-refractivity contribution in [1.29, 1.82) is 0 Å². The van der Waals surface area contributed by atoms with Crippen LogP contribution in [0.15, 0.2) is 0 Å². The highest BCUT2D eigenvalue weighted by Gasteiger charge is 2.33. The first-order valence-corrected chi connectivity index (χ1v) is 5.98. The Kier molecular flexibility index (Phi) is 4.14. The minimum Gasteiger partial charge on any atom is -0.341 e. The predicted molar refractivity (Wildman–Crippen MR) is 62.7 cm³/mol. The molecule has 1 aliphatic rings. The molecule has 15 heavy (non-hydrogen) atoms. The summed E-state index contributed by atoms with van der Waals surface area (Å²) in [6, 6.07) is 0. The molecule has 0 radical (unpaired) electrons. The maximum atomic E-state index is 12.1. The third-order valence-electron chi connectivity index (χ3n) is 2.97. The number of carbonyl (C=O) groups is 1. The Morgan fingerprint density at radius 1 is 1.47 bits per heavy atom. The lowest BCUT2D eigenvalue weighted by atomic mass is 10.0. The molecule has 1 amide bonds. The lowest BCUT2D eigenvalue weighted by Crippen LogP contribution is -2.51. The first kappa shape index (κ1) is 12.5. The number of hydrogen-bond donors (Lipinski definition) is 1. The average Bonchev–Trinajstić information content (AvgIpc) is 2.26. The Hall–Kier alpha value is -0.570. The first-order chi connectivity index (χ1) is 6.93. The zero-order valence-electron chi connectivity index (χ0n) is 10.5. The van der Waals surface area contributed by atoms with E-state index in [1.54, 1.807) is 0 Å². The second-order valence-corrected chi connectivity index (χ2v) is 5.38. The third-order valence-corrected chi connectivity index (χ3v) is 2.97. The van der Waals surface area contributed by atoms with E-state index in [2.05, 4.69) is 19.2 Å². The van der Waals surface area contributed by atoms with Crippen molar-refractivity contribution in [2.24, 2.45) is 5.92 Å². The van der Waals surface area contributed by atoms with Crippen LogP contribution >= 0.6 is 0 Å². The van der Waals surface area contributed by atoms with Gasteiger partial charge >= 0.3 is 0 Å². The summed E-state index contributed by atoms with van der Waals surface area (Å²) in [6.07, 6.45) is 2.16. The lowest BCUT2D eigenvalue weighted by molar-refractivity contribution is -0.136. The number of carbonyl (C=O) groups excluding carboxylic acids is 1. The standard InChI is InChI=1S/C12H24N2O/c1-10(2)6-9-14-8-5-7-13-12(3,4)11(14)15/h10,13H,5-9H2,1-4H3. The molecule has 1 N–H and O–H groups in total. The molecular weight excluding hydrogens is 188 g/mol. The van der Waals surface area contributed by atoms with Gasteiger partial charge < -0.3 is 10.2 Å². The van der Waals surface area contributed by atoms with Gasteiger partial charge in [-0.25, -0.2) is 0 Å². The van der Waals surface area contributed by atoms with Crippen LogP contribution in [0.1, 0.15) is 40.5 Å². The van der Waals surface area contributed by atoms with E-state index < -0.39 is 0 Å². The van der Waals surface area contributed by atoms with Crippen molar-refractivity contribution in [2.45, 2.75) is 46.1 Å². The summed E-state index contributed by atoms with van der Waals surface area (Å²) < 4.78 is 0. The summed E-state index contributed by atoms with van der Waals surface area (Å²) >= 11 is 0. The highest BCUT2D eigenvalue weighted by Crippen LogP contribution is 2.14. The Morgan fingerprint density at radius 3 is 2.73 bits per heavy atom. The van der Waals surface area contributed by atoms with Crippen LogP contribution in [0.2, 0.25) is 0 Å². The van der Waals surface area contributed by atoms with Gasteiger partial charge in [-0.1, -0.05) is 13.8 Å². The molecule has 0 aromatic rings. The summed E-state index contributed by atoms with van der Waals surface area (Å²) in [7, 11) is 0. The molecule has 0 spiro atoms. The molecule has 1 fully saturated rings. The monoisotopic (exact) mass is 212 g/mol. The molecule has 0 saturated carbocycles. The Balaban J connectivity index is 2.58. The minimum absolute atomic E-state index is 0.251. The molecule has 1 heterocycles. The number of nitrogens with zero attached hydrogens (tertiary/aromatic N) is 1. The van der Waals surface area contributed by atoms with Gasteiger partial charge in [-0.05, 0) is 39.2 Å². The lowest BCUT2D eigenvalue weighted by Gasteiger charge is -2.29. The number of nitrogens with one attached hydrogen (secondary N) is 1. The third kappa shape index (κ3) is 3.49. The molecule has 0 bridgehead atoms. The van der Waals surface area contributed by atoms with Gasteiger partial charge in [0.1, 0.15) is 0 Å². The van der Waals surface area contributed by atoms with Gasteiger partial charge in [-0.15, -0.1) is 0 Å². The van der Waals surface area contributed by atoms with Gasteiger partial charge in [0, 0.05) is 13.1 Å². The van der Waals surface area contributed by atoms with E-state index in [9.17, 15) is 4.79 Å². The molecule has 0 aromatic carbocycles. The smallest absolute Gasteiger partial charge is 0.242 e. The van der Waals surface area contributed by atoms with E-state index in [1.165, 1.54) is 0 Å². The van der Waals surface area contributed by atoms with Crippen molar-refractivity contribution in [3.63, 3.8) is 0 Å². The second kappa shape index (κ2) is 4.97. The van der Waals surface area contributed by atoms with Crippen LogP contribution in [0.4, 0.5) is 0 Å². The average molecular weight is 212 g/mol. The molecule has 88 valence electrons. The Labute approximate surface area is 93.2 Å². The number of amides is 1. The highest BCUT2D eigenvalue weighted by atomic mass is 16.2. The zero-order chi connectivity index (χ0) is 11.5. The molecule has 3 nitrogen and oxygen atoms in total. The van der Waals surface area contributed by atoms with Crippen LogP contribution in [0.25, 0.3) is 0 Å². The molecule has 0 atom stereocenters. The van der Waals surface area contributed by atoms with Gasteiger partial charge in [0.15, 0.2) is 0 Å². The maximum Gasteiger partial charge on any atom is 0.242 e. The fraction of sp³-hybridized carbons (Fsp3) is 0.917. The summed E-state index contributed by atoms with van der Waals surface area (Å²) in [6.45, 7) is 11.1. The van der Waals surface area contributed by atoms with Gasteiger partial charge in [0.2, 0.25) is 5.91 Å². The molecule has 0 unspecified atom stereocenters. The van der Waals surface area contributed by atoms with E-state index in [4.69, 9.17) is 0 Å². The van der Waals surface area contributed by atoms with Crippen LogP contribution in [0, 0.1) is 5.92 Å². The fourth-order valence-corrected chi connectivity index (χ4v) is 1.87. The molecule has 0 aromatic heterocycles. The predicted octanol–water partition coefficient (Wildman–Crippen LogP) is 1.63. The number of rotatable bonds is 3. The van der Waals surface area contributed by atoms with Crippen LogP contribution in [0.3, 0.4) is 0 Å². The van der Waals surface area contributed by atoms with Crippen LogP contribution in [-0.4, -0.2) is 36.0 Å². The van der Waals surface area contributed by atoms with Crippen molar-refractivity contribution in [3.05, 3.63) is 0 Å². The van der Waals surface area contributed by atoms with Crippen LogP contribution in [-0.2, 0) is 4.79 Å². The van der Waals surface area contributed by atoms with Crippen LogP contribution in [0.5, 0.6) is 0 Å². The van der Waals surface area contributed by atoms with Crippen molar-refractivity contribution >= 4 is 5.91 Å². The Morgan fingerprint density at radius 2 is 2.13 bits per heavy atom. The second-order valence-electron chi connectivity index (χ2n) is 5.38. The van der Waals surface area contributed by atoms with Crippen molar-refractivity contribution in [1.82, 2.24) is 10.2 Å². The van der Waals surface area contributed by atoms with Gasteiger partial charge in [0.25, 0.3) is 0 Å². The normalized spacial score (nSPS) is 21.9. The first-order valence-electron chi connectivity index (χ1n) is 5.98. The van der Waals surface area contributed by atoms with E-state index >= 15 is 0 Å². The fourth-order valence-electron chi connectivity index (χ4n) is 1.87. The summed E-state index contributed by atoms with van der Waals surface area (Å²) in [5, 5.41) is 3.30. The van der Waals surface area contributed by atoms with Crippen molar-refractivity contribution in [2.75, 3.05) is 19.6 Å². The quantitative estimate of drug-likeness (QED) is 0.771. The molecule has 3 heteroatoms. The Bertz CT molecular complexity index is 224. The molecular formula is C12H24N2O. The minimum atomic E-state index is -0.381. The molecule has 1 saturated heterocycles. The summed E-state index contributed by atoms with van der Waals surface area (Å²) in [4.78, 5) is 14.2. The summed E-state index contributed by atoms with van der Waals surface area (Å²) in [5.74, 6) is 0.915. The maximum absolute atomic E-state index is 12.1. The van der Waals surface area contributed by atoms with Gasteiger partial charge in [0.05, 0.1) is 5.54 Å². The number of hydrogen-bond acceptors (Lipinski definition) is 2. The largest absolute Gasteiger partial charge is 0.341 e. The van der Waals surface area contributed by atoms with Crippen molar-refractivity contribution < 1.29 is 4.79 Å². The van der Waals surface area contributed by atoms with E-state index in [0.717, 1.165) is 32.5 Å².